The smallest absolute Gasteiger partial charge is 0.211 e. The monoisotopic (exact) mass is 152 g/mol. The SMILES string of the molecule is CCCC(C#N)(CC)N=C=O. The molecule has 1 unspecified atom stereocenters. The molecule has 0 saturated carbocycles. The maximum atomic E-state index is 9.97. The van der Waals surface area contributed by atoms with Gasteiger partial charge in [0.25, 0.3) is 0 Å². The molecule has 0 spiro atoms. The predicted molar refractivity (Wildman–Crippen MR) is 41.7 cm³/mol. The van der Waals surface area contributed by atoms with Crippen molar-refractivity contribution < 1.29 is 4.79 Å². The highest BCUT2D eigenvalue weighted by atomic mass is 16.1. The number of carbonyl (C=O) groups excluding carboxylic acids is 1. The molecule has 0 radical (unpaired) electrons. The second kappa shape index (κ2) is 4.65. The van der Waals surface area contributed by atoms with Gasteiger partial charge in [-0.3, -0.25) is 0 Å². The molecule has 0 N–H and O–H groups in total. The van der Waals surface area contributed by atoms with Crippen LogP contribution < -0.4 is 0 Å². The summed E-state index contributed by atoms with van der Waals surface area (Å²) in [7, 11) is 0. The third kappa shape index (κ3) is 2.53. The Morgan fingerprint density at radius 1 is 1.55 bits per heavy atom. The van der Waals surface area contributed by atoms with E-state index in [4.69, 9.17) is 5.26 Å². The molecule has 11 heavy (non-hydrogen) atoms. The standard InChI is InChI=1S/C8H12N2O/c1-3-5-8(4-2,6-9)10-7-11/h3-5H2,1-2H3. The molecule has 0 aromatic carbocycles. The van der Waals surface area contributed by atoms with Gasteiger partial charge >= 0.3 is 0 Å². The number of nitriles is 1. The van der Waals surface area contributed by atoms with Crippen LogP contribution in [0, 0.1) is 11.3 Å². The Labute approximate surface area is 66.7 Å². The van der Waals surface area contributed by atoms with Crippen molar-refractivity contribution in [1.82, 2.24) is 0 Å². The Kier molecular flexibility index (Phi) is 4.17. The van der Waals surface area contributed by atoms with Crippen LogP contribution in [0.1, 0.15) is 33.1 Å². The quantitative estimate of drug-likeness (QED) is 0.455. The van der Waals surface area contributed by atoms with Crippen LogP contribution >= 0.6 is 0 Å². The summed E-state index contributed by atoms with van der Waals surface area (Å²) in [5, 5.41) is 8.72. The summed E-state index contributed by atoms with van der Waals surface area (Å²) in [5.74, 6) is 0. The number of isocyanates is 1. The van der Waals surface area contributed by atoms with Crippen molar-refractivity contribution in [3.8, 4) is 6.07 Å². The Hall–Kier alpha value is -1.13. The first-order valence-electron chi connectivity index (χ1n) is 3.75. The Morgan fingerprint density at radius 2 is 2.18 bits per heavy atom. The molecule has 0 aromatic heterocycles. The van der Waals surface area contributed by atoms with Gasteiger partial charge in [0, 0.05) is 0 Å². The van der Waals surface area contributed by atoms with E-state index in [1.165, 1.54) is 6.08 Å². The highest BCUT2D eigenvalue weighted by Crippen LogP contribution is 2.20. The molecule has 1 atom stereocenters. The van der Waals surface area contributed by atoms with Crippen LogP contribution in [-0.4, -0.2) is 11.6 Å². The summed E-state index contributed by atoms with van der Waals surface area (Å²) >= 11 is 0. The molecule has 0 bridgehead atoms. The van der Waals surface area contributed by atoms with E-state index in [2.05, 4.69) is 4.99 Å². The first-order valence-corrected chi connectivity index (χ1v) is 3.75. The lowest BCUT2D eigenvalue weighted by Crippen LogP contribution is -2.22. The molecule has 0 aliphatic heterocycles. The molecular formula is C8H12N2O. The summed E-state index contributed by atoms with van der Waals surface area (Å²) in [4.78, 5) is 13.5. The fourth-order valence-corrected chi connectivity index (χ4v) is 0.973. The fraction of sp³-hybridized carbons (Fsp3) is 0.750. The van der Waals surface area contributed by atoms with Gasteiger partial charge in [-0.05, 0) is 12.8 Å². The molecule has 3 nitrogen and oxygen atoms in total. The van der Waals surface area contributed by atoms with Gasteiger partial charge in [-0.2, -0.15) is 10.3 Å². The average molecular weight is 152 g/mol. The lowest BCUT2D eigenvalue weighted by Gasteiger charge is -2.15. The summed E-state index contributed by atoms with van der Waals surface area (Å²) in [6.45, 7) is 3.81. The van der Waals surface area contributed by atoms with E-state index < -0.39 is 5.54 Å². The van der Waals surface area contributed by atoms with Crippen LogP contribution in [0.25, 0.3) is 0 Å². The van der Waals surface area contributed by atoms with E-state index in [1.54, 1.807) is 0 Å². The van der Waals surface area contributed by atoms with Crippen LogP contribution in [0.15, 0.2) is 4.99 Å². The summed E-state index contributed by atoms with van der Waals surface area (Å²) < 4.78 is 0. The number of nitrogens with zero attached hydrogens (tertiary/aromatic N) is 2. The van der Waals surface area contributed by atoms with Crippen molar-refractivity contribution >= 4 is 6.08 Å². The Balaban J connectivity index is 4.48. The lowest BCUT2D eigenvalue weighted by atomic mass is 9.93. The minimum Gasteiger partial charge on any atom is -0.211 e. The molecule has 0 amide bonds. The maximum Gasteiger partial charge on any atom is 0.236 e. The van der Waals surface area contributed by atoms with Crippen molar-refractivity contribution in [3.05, 3.63) is 0 Å². The van der Waals surface area contributed by atoms with E-state index in [0.717, 1.165) is 6.42 Å². The van der Waals surface area contributed by atoms with Crippen molar-refractivity contribution in [3.63, 3.8) is 0 Å². The number of aliphatic imine (C=N–C) groups is 1. The van der Waals surface area contributed by atoms with E-state index in [9.17, 15) is 4.79 Å². The van der Waals surface area contributed by atoms with Crippen LogP contribution in [0.5, 0.6) is 0 Å². The van der Waals surface area contributed by atoms with E-state index >= 15 is 0 Å². The third-order valence-electron chi connectivity index (χ3n) is 1.72. The zero-order chi connectivity index (χ0) is 8.74. The van der Waals surface area contributed by atoms with Gasteiger partial charge in [0.15, 0.2) is 5.54 Å². The molecule has 0 fully saturated rings. The highest BCUT2D eigenvalue weighted by molar-refractivity contribution is 5.36. The first-order chi connectivity index (χ1) is 5.24. The predicted octanol–water partition coefficient (Wildman–Crippen LogP) is 1.79. The second-order valence-electron chi connectivity index (χ2n) is 2.45. The first kappa shape index (κ1) is 9.87. The zero-order valence-electron chi connectivity index (χ0n) is 6.92. The van der Waals surface area contributed by atoms with Crippen LogP contribution in [0.4, 0.5) is 0 Å². The molecule has 0 rings (SSSR count). The van der Waals surface area contributed by atoms with Crippen molar-refractivity contribution in [2.45, 2.75) is 38.6 Å². The molecule has 0 aliphatic rings. The third-order valence-corrected chi connectivity index (χ3v) is 1.72. The van der Waals surface area contributed by atoms with E-state index in [-0.39, 0.29) is 0 Å². The van der Waals surface area contributed by atoms with Gasteiger partial charge in [-0.15, -0.1) is 0 Å². The largest absolute Gasteiger partial charge is 0.236 e. The minimum absolute atomic E-state index is 0.576. The molecule has 60 valence electrons. The molecule has 3 heteroatoms. The average Bonchev–Trinajstić information content (AvgIpc) is 2.04. The lowest BCUT2D eigenvalue weighted by molar-refractivity contribution is 0.470. The van der Waals surface area contributed by atoms with Crippen LogP contribution in [-0.2, 0) is 4.79 Å². The fourth-order valence-electron chi connectivity index (χ4n) is 0.973. The number of rotatable bonds is 4. The van der Waals surface area contributed by atoms with Crippen LogP contribution in [0.3, 0.4) is 0 Å². The van der Waals surface area contributed by atoms with Gasteiger partial charge in [-0.1, -0.05) is 20.3 Å². The Morgan fingerprint density at radius 3 is 2.45 bits per heavy atom. The van der Waals surface area contributed by atoms with Crippen LogP contribution in [0.2, 0.25) is 0 Å². The summed E-state index contributed by atoms with van der Waals surface area (Å²) in [5.41, 5.74) is -0.809. The van der Waals surface area contributed by atoms with Gasteiger partial charge < -0.3 is 0 Å². The number of hydrogen-bond donors (Lipinski definition) is 0. The molecule has 0 heterocycles. The van der Waals surface area contributed by atoms with Gasteiger partial charge in [0.2, 0.25) is 6.08 Å². The normalized spacial score (nSPS) is 14.3. The van der Waals surface area contributed by atoms with Gasteiger partial charge in [-0.25, -0.2) is 4.79 Å². The number of hydrogen-bond acceptors (Lipinski definition) is 3. The van der Waals surface area contributed by atoms with Crippen molar-refractivity contribution in [2.75, 3.05) is 0 Å². The summed E-state index contributed by atoms with van der Waals surface area (Å²) in [6, 6.07) is 2.04. The van der Waals surface area contributed by atoms with Crippen molar-refractivity contribution in [1.29, 1.82) is 5.26 Å². The summed E-state index contributed by atoms with van der Waals surface area (Å²) in [6.07, 6.45) is 3.51. The van der Waals surface area contributed by atoms with Crippen molar-refractivity contribution in [2.24, 2.45) is 4.99 Å². The molecular weight excluding hydrogens is 140 g/mol. The zero-order valence-corrected chi connectivity index (χ0v) is 6.92. The minimum atomic E-state index is -0.809. The van der Waals surface area contributed by atoms with E-state index in [1.807, 2.05) is 19.9 Å². The topological polar surface area (TPSA) is 53.2 Å². The Bertz CT molecular complexity index is 201. The molecule has 0 aliphatic carbocycles. The molecule has 0 saturated heterocycles. The maximum absolute atomic E-state index is 9.97. The van der Waals surface area contributed by atoms with E-state index in [0.29, 0.717) is 12.8 Å². The highest BCUT2D eigenvalue weighted by Gasteiger charge is 2.25. The molecule has 0 aromatic rings. The van der Waals surface area contributed by atoms with Gasteiger partial charge in [0.1, 0.15) is 0 Å². The van der Waals surface area contributed by atoms with Gasteiger partial charge in [0.05, 0.1) is 6.07 Å². The second-order valence-corrected chi connectivity index (χ2v) is 2.45.